The maximum Gasteiger partial charge on any atom is 0.283 e. The molecule has 0 bridgehead atoms. The Hall–Kier alpha value is -3.33. The van der Waals surface area contributed by atoms with E-state index in [4.69, 9.17) is 0 Å². The summed E-state index contributed by atoms with van der Waals surface area (Å²) in [5.74, 6) is 0.132. The van der Waals surface area contributed by atoms with Crippen LogP contribution in [-0.2, 0) is 6.42 Å². The summed E-state index contributed by atoms with van der Waals surface area (Å²) in [6, 6.07) is 5.33. The van der Waals surface area contributed by atoms with Gasteiger partial charge in [0.2, 0.25) is 5.95 Å². The van der Waals surface area contributed by atoms with Crippen molar-refractivity contribution in [1.82, 2.24) is 24.7 Å². The molecule has 1 aliphatic carbocycles. The van der Waals surface area contributed by atoms with E-state index >= 15 is 0 Å². The van der Waals surface area contributed by atoms with Crippen molar-refractivity contribution >= 4 is 28.2 Å². The van der Waals surface area contributed by atoms with Crippen LogP contribution in [-0.4, -0.2) is 30.5 Å². The van der Waals surface area contributed by atoms with Gasteiger partial charge in [-0.15, -0.1) is 11.3 Å². The molecule has 4 aromatic rings. The molecule has 0 aromatic carbocycles. The standard InChI is InChI=1S/C19H15N5O3S/c1-9-5-15(26)22-19(21-9)24-18(27)16-11-6-10(14-3-2-4-28-14)7-13(25)12(11)8-20-17(16)23-24/h2-5,8,10H,6-7H2,1H3,(H,20,23)(H,21,22,26)/t10-/m1/s1. The van der Waals surface area contributed by atoms with Crippen LogP contribution >= 0.6 is 11.3 Å². The molecule has 0 aliphatic heterocycles. The number of Topliss-reactive ketones (excluding diaryl/α,β-unsaturated/α-hetero) is 1. The summed E-state index contributed by atoms with van der Waals surface area (Å²) in [5.41, 5.74) is 1.33. The molecule has 0 fully saturated rings. The first-order valence-corrected chi connectivity index (χ1v) is 9.67. The average molecular weight is 393 g/mol. The number of nitrogens with one attached hydrogen (secondary N) is 2. The van der Waals surface area contributed by atoms with Gasteiger partial charge in [-0.25, -0.2) is 9.97 Å². The number of rotatable bonds is 2. The predicted molar refractivity (Wildman–Crippen MR) is 105 cm³/mol. The number of carbonyl (C=O) groups excluding carboxylic acids is 1. The lowest BCUT2D eigenvalue weighted by Gasteiger charge is -2.22. The van der Waals surface area contributed by atoms with E-state index in [0.29, 0.717) is 40.7 Å². The highest BCUT2D eigenvalue weighted by Gasteiger charge is 2.30. The second kappa shape index (κ2) is 6.10. The Morgan fingerprint density at radius 2 is 2.11 bits per heavy atom. The normalized spacial score (nSPS) is 16.5. The molecule has 2 N–H and O–H groups in total. The number of H-pyrrole nitrogens is 2. The molecule has 8 nitrogen and oxygen atoms in total. The van der Waals surface area contributed by atoms with Gasteiger partial charge in [-0.1, -0.05) is 6.07 Å². The van der Waals surface area contributed by atoms with Gasteiger partial charge in [0.05, 0.1) is 5.39 Å². The maximum absolute atomic E-state index is 13.1. The van der Waals surface area contributed by atoms with E-state index in [1.165, 1.54) is 16.9 Å². The van der Waals surface area contributed by atoms with Crippen LogP contribution in [0, 0.1) is 6.92 Å². The number of hydrogen-bond acceptors (Lipinski definition) is 6. The molecule has 5 rings (SSSR count). The molecule has 9 heteroatoms. The molecular formula is C19H15N5O3S. The van der Waals surface area contributed by atoms with Crippen LogP contribution in [0.15, 0.2) is 39.4 Å². The number of aromatic nitrogens is 5. The summed E-state index contributed by atoms with van der Waals surface area (Å²) in [4.78, 5) is 49.8. The van der Waals surface area contributed by atoms with Gasteiger partial charge in [0.15, 0.2) is 11.4 Å². The van der Waals surface area contributed by atoms with Crippen LogP contribution < -0.4 is 11.1 Å². The smallest absolute Gasteiger partial charge is 0.283 e. The molecule has 28 heavy (non-hydrogen) atoms. The van der Waals surface area contributed by atoms with Crippen molar-refractivity contribution < 1.29 is 4.79 Å². The molecule has 140 valence electrons. The summed E-state index contributed by atoms with van der Waals surface area (Å²) >= 11 is 1.61. The van der Waals surface area contributed by atoms with E-state index in [-0.39, 0.29) is 28.8 Å². The molecule has 0 spiro atoms. The maximum atomic E-state index is 13.1. The first kappa shape index (κ1) is 16.8. The van der Waals surface area contributed by atoms with Crippen LogP contribution in [0.5, 0.6) is 0 Å². The Kier molecular flexibility index (Phi) is 3.66. The van der Waals surface area contributed by atoms with Gasteiger partial charge in [-0.2, -0.15) is 4.68 Å². The summed E-state index contributed by atoms with van der Waals surface area (Å²) in [5, 5.41) is 5.26. The fourth-order valence-electron chi connectivity index (χ4n) is 3.78. The third kappa shape index (κ3) is 2.55. The number of fused-ring (bicyclic) bond motifs is 3. The second-order valence-corrected chi connectivity index (χ2v) is 7.86. The number of pyridine rings is 1. The lowest BCUT2D eigenvalue weighted by molar-refractivity contribution is 0.0965. The Bertz CT molecular complexity index is 1350. The van der Waals surface area contributed by atoms with Crippen LogP contribution in [0.3, 0.4) is 0 Å². The molecule has 0 saturated heterocycles. The predicted octanol–water partition coefficient (Wildman–Crippen LogP) is 2.08. The number of aromatic amines is 2. The minimum atomic E-state index is -0.382. The van der Waals surface area contributed by atoms with Crippen molar-refractivity contribution in [2.24, 2.45) is 0 Å². The van der Waals surface area contributed by atoms with Crippen molar-refractivity contribution in [3.63, 3.8) is 0 Å². The fraction of sp³-hybridized carbons (Fsp3) is 0.211. The second-order valence-electron chi connectivity index (χ2n) is 6.88. The van der Waals surface area contributed by atoms with Crippen molar-refractivity contribution in [3.8, 4) is 5.95 Å². The number of thiophene rings is 1. The zero-order valence-electron chi connectivity index (χ0n) is 14.9. The van der Waals surface area contributed by atoms with Crippen LogP contribution in [0.25, 0.3) is 17.0 Å². The molecule has 0 unspecified atom stereocenters. The van der Waals surface area contributed by atoms with Gasteiger partial charge in [0, 0.05) is 40.7 Å². The Balaban J connectivity index is 1.72. The highest BCUT2D eigenvalue weighted by molar-refractivity contribution is 7.10. The molecule has 4 heterocycles. The van der Waals surface area contributed by atoms with Gasteiger partial charge in [-0.05, 0) is 30.4 Å². The van der Waals surface area contributed by atoms with Gasteiger partial charge in [0.25, 0.3) is 11.1 Å². The number of ketones is 1. The molecular weight excluding hydrogens is 378 g/mol. The van der Waals surface area contributed by atoms with Crippen molar-refractivity contribution in [2.45, 2.75) is 25.7 Å². The van der Waals surface area contributed by atoms with E-state index in [1.54, 1.807) is 18.3 Å². The molecule has 0 radical (unpaired) electrons. The van der Waals surface area contributed by atoms with E-state index < -0.39 is 0 Å². The van der Waals surface area contributed by atoms with Gasteiger partial charge in [0.1, 0.15) is 0 Å². The van der Waals surface area contributed by atoms with Gasteiger partial charge in [-0.3, -0.25) is 24.5 Å². The third-order valence-electron chi connectivity index (χ3n) is 5.02. The van der Waals surface area contributed by atoms with E-state index in [2.05, 4.69) is 20.1 Å². The highest BCUT2D eigenvalue weighted by Crippen LogP contribution is 2.36. The van der Waals surface area contributed by atoms with Crippen molar-refractivity contribution in [3.05, 3.63) is 72.2 Å². The molecule has 0 amide bonds. The summed E-state index contributed by atoms with van der Waals surface area (Å²) in [7, 11) is 0. The Labute approximate surface area is 161 Å². The van der Waals surface area contributed by atoms with Crippen LogP contribution in [0.1, 0.15) is 38.8 Å². The zero-order valence-corrected chi connectivity index (χ0v) is 15.7. The van der Waals surface area contributed by atoms with Gasteiger partial charge >= 0.3 is 0 Å². The zero-order chi connectivity index (χ0) is 19.4. The molecule has 0 saturated carbocycles. The van der Waals surface area contributed by atoms with Crippen molar-refractivity contribution in [2.75, 3.05) is 0 Å². The van der Waals surface area contributed by atoms with E-state index in [1.807, 2.05) is 17.5 Å². The topological polar surface area (TPSA) is 113 Å². The van der Waals surface area contributed by atoms with E-state index in [9.17, 15) is 14.4 Å². The number of aryl methyl sites for hydroxylation is 1. The van der Waals surface area contributed by atoms with Crippen LogP contribution in [0.2, 0.25) is 0 Å². The molecule has 1 aliphatic rings. The third-order valence-corrected chi connectivity index (χ3v) is 6.05. The van der Waals surface area contributed by atoms with Gasteiger partial charge < -0.3 is 0 Å². The Morgan fingerprint density at radius 1 is 1.25 bits per heavy atom. The fourth-order valence-corrected chi connectivity index (χ4v) is 4.61. The highest BCUT2D eigenvalue weighted by atomic mass is 32.1. The minimum absolute atomic E-state index is 0.0108. The van der Waals surface area contributed by atoms with Crippen LogP contribution in [0.4, 0.5) is 0 Å². The first-order chi connectivity index (χ1) is 13.5. The molecule has 4 aromatic heterocycles. The largest absolute Gasteiger partial charge is 0.294 e. The number of hydrogen-bond donors (Lipinski definition) is 2. The lowest BCUT2D eigenvalue weighted by atomic mass is 9.82. The summed E-state index contributed by atoms with van der Waals surface area (Å²) < 4.78 is 1.17. The van der Waals surface area contributed by atoms with Crippen molar-refractivity contribution in [1.29, 1.82) is 0 Å². The minimum Gasteiger partial charge on any atom is -0.294 e. The number of nitrogens with zero attached hydrogens (tertiary/aromatic N) is 3. The molecule has 1 atom stereocenters. The lowest BCUT2D eigenvalue weighted by Crippen LogP contribution is -2.23. The summed E-state index contributed by atoms with van der Waals surface area (Å²) in [6.45, 7) is 1.68. The number of carbonyl (C=O) groups is 1. The monoisotopic (exact) mass is 393 g/mol. The SMILES string of the molecule is Cc1cc(=O)[nH]c(-n2[nH]c3ncc4c(c3c2=O)C[C@@H](c2cccs2)CC4=O)n1. The average Bonchev–Trinajstić information content (AvgIpc) is 3.29. The summed E-state index contributed by atoms with van der Waals surface area (Å²) in [6.07, 6.45) is 2.52. The van der Waals surface area contributed by atoms with E-state index in [0.717, 1.165) is 4.88 Å². The quantitative estimate of drug-likeness (QED) is 0.541. The Morgan fingerprint density at radius 3 is 2.86 bits per heavy atom. The first-order valence-electron chi connectivity index (χ1n) is 8.79.